The van der Waals surface area contributed by atoms with Crippen LogP contribution in [0.1, 0.15) is 5.56 Å². The van der Waals surface area contributed by atoms with Crippen molar-refractivity contribution in [1.29, 1.82) is 0 Å². The largest absolute Gasteiger partial charge is 0.265 e. The fourth-order valence-corrected chi connectivity index (χ4v) is 1.45. The number of aromatic nitrogens is 2. The van der Waals surface area contributed by atoms with Gasteiger partial charge >= 0.3 is 0 Å². The van der Waals surface area contributed by atoms with Crippen molar-refractivity contribution in [3.05, 3.63) is 48.2 Å². The third-order valence-corrected chi connectivity index (χ3v) is 2.33. The molecular weight excluding hydrogens is 215 g/mol. The van der Waals surface area contributed by atoms with Crippen molar-refractivity contribution in [3.8, 4) is 11.3 Å². The van der Waals surface area contributed by atoms with Gasteiger partial charge in [0.25, 0.3) is 0 Å². The molecule has 0 spiro atoms. The van der Waals surface area contributed by atoms with Gasteiger partial charge in [-0.25, -0.2) is 4.98 Å². The standard InChI is InChI=1S/C11H8ClFN2/c12-7-9-1-2-10(15-11(9)13)8-3-5-14-6-4-8/h1-6H,7H2. The number of halogens is 2. The Kier molecular flexibility index (Phi) is 2.92. The fraction of sp³-hybridized carbons (Fsp3) is 0.0909. The summed E-state index contributed by atoms with van der Waals surface area (Å²) in [6.07, 6.45) is 3.29. The van der Waals surface area contributed by atoms with Crippen LogP contribution in [0.5, 0.6) is 0 Å². The highest BCUT2D eigenvalue weighted by Gasteiger charge is 2.05. The van der Waals surface area contributed by atoms with Crippen molar-refractivity contribution in [1.82, 2.24) is 9.97 Å². The molecule has 2 aromatic heterocycles. The lowest BCUT2D eigenvalue weighted by Crippen LogP contribution is -1.93. The fourth-order valence-electron chi connectivity index (χ4n) is 1.25. The number of nitrogens with zero attached hydrogens (tertiary/aromatic N) is 2. The van der Waals surface area contributed by atoms with E-state index in [-0.39, 0.29) is 5.88 Å². The number of alkyl halides is 1. The van der Waals surface area contributed by atoms with E-state index in [0.29, 0.717) is 11.3 Å². The van der Waals surface area contributed by atoms with Gasteiger partial charge in [-0.2, -0.15) is 4.39 Å². The summed E-state index contributed by atoms with van der Waals surface area (Å²) in [5, 5.41) is 0. The number of pyridine rings is 2. The van der Waals surface area contributed by atoms with Crippen LogP contribution >= 0.6 is 11.6 Å². The van der Waals surface area contributed by atoms with Gasteiger partial charge in [0, 0.05) is 23.5 Å². The number of rotatable bonds is 2. The average molecular weight is 223 g/mol. The lowest BCUT2D eigenvalue weighted by molar-refractivity contribution is 0.574. The van der Waals surface area contributed by atoms with Crippen LogP contribution in [0.2, 0.25) is 0 Å². The van der Waals surface area contributed by atoms with Gasteiger partial charge in [0.1, 0.15) is 0 Å². The van der Waals surface area contributed by atoms with E-state index in [1.165, 1.54) is 0 Å². The van der Waals surface area contributed by atoms with Gasteiger partial charge in [-0.05, 0) is 18.2 Å². The second-order valence-electron chi connectivity index (χ2n) is 3.02. The summed E-state index contributed by atoms with van der Waals surface area (Å²) in [7, 11) is 0. The summed E-state index contributed by atoms with van der Waals surface area (Å²) in [6.45, 7) is 0. The van der Waals surface area contributed by atoms with Gasteiger partial charge in [0.05, 0.1) is 11.6 Å². The van der Waals surface area contributed by atoms with Crippen LogP contribution in [0, 0.1) is 5.95 Å². The molecule has 2 heterocycles. The van der Waals surface area contributed by atoms with Crippen molar-refractivity contribution in [2.24, 2.45) is 0 Å². The summed E-state index contributed by atoms with van der Waals surface area (Å²) in [5.41, 5.74) is 1.84. The zero-order chi connectivity index (χ0) is 10.7. The average Bonchev–Trinajstić information content (AvgIpc) is 2.30. The molecule has 76 valence electrons. The van der Waals surface area contributed by atoms with E-state index >= 15 is 0 Å². The molecule has 0 amide bonds. The lowest BCUT2D eigenvalue weighted by Gasteiger charge is -2.02. The molecule has 15 heavy (non-hydrogen) atoms. The third kappa shape index (κ3) is 2.13. The zero-order valence-corrected chi connectivity index (χ0v) is 8.58. The first kappa shape index (κ1) is 10.1. The molecule has 0 aromatic carbocycles. The number of hydrogen-bond donors (Lipinski definition) is 0. The Labute approximate surface area is 91.8 Å². The van der Waals surface area contributed by atoms with Gasteiger partial charge in [-0.1, -0.05) is 6.07 Å². The van der Waals surface area contributed by atoms with E-state index in [1.54, 1.807) is 36.7 Å². The molecule has 0 aliphatic carbocycles. The first-order valence-corrected chi connectivity index (χ1v) is 4.96. The van der Waals surface area contributed by atoms with Crippen LogP contribution in [0.15, 0.2) is 36.7 Å². The van der Waals surface area contributed by atoms with E-state index in [1.807, 2.05) is 0 Å². The summed E-state index contributed by atoms with van der Waals surface area (Å²) >= 11 is 5.54. The number of hydrogen-bond acceptors (Lipinski definition) is 2. The molecule has 0 fully saturated rings. The van der Waals surface area contributed by atoms with Gasteiger partial charge < -0.3 is 0 Å². The van der Waals surface area contributed by atoms with E-state index in [0.717, 1.165) is 5.56 Å². The van der Waals surface area contributed by atoms with Gasteiger partial charge in [0.2, 0.25) is 5.95 Å². The van der Waals surface area contributed by atoms with Gasteiger partial charge in [-0.15, -0.1) is 11.6 Å². The summed E-state index contributed by atoms with van der Waals surface area (Å²) in [6, 6.07) is 6.95. The second kappa shape index (κ2) is 4.36. The van der Waals surface area contributed by atoms with Crippen LogP contribution < -0.4 is 0 Å². The minimum atomic E-state index is -0.515. The van der Waals surface area contributed by atoms with E-state index in [2.05, 4.69) is 9.97 Å². The Hall–Kier alpha value is -1.48. The monoisotopic (exact) mass is 222 g/mol. The Balaban J connectivity index is 2.43. The maximum absolute atomic E-state index is 13.3. The minimum absolute atomic E-state index is 0.134. The highest BCUT2D eigenvalue weighted by atomic mass is 35.5. The van der Waals surface area contributed by atoms with Crippen LogP contribution in [-0.2, 0) is 5.88 Å². The second-order valence-corrected chi connectivity index (χ2v) is 3.28. The summed E-state index contributed by atoms with van der Waals surface area (Å²) in [5.74, 6) is -0.380. The van der Waals surface area contributed by atoms with Crippen molar-refractivity contribution < 1.29 is 4.39 Å². The van der Waals surface area contributed by atoms with Crippen molar-refractivity contribution in [2.75, 3.05) is 0 Å². The molecule has 0 atom stereocenters. The topological polar surface area (TPSA) is 25.8 Å². The maximum atomic E-state index is 13.3. The first-order chi connectivity index (χ1) is 7.31. The molecular formula is C11H8ClFN2. The molecule has 0 N–H and O–H groups in total. The molecule has 4 heteroatoms. The Morgan fingerprint density at radius 2 is 1.87 bits per heavy atom. The van der Waals surface area contributed by atoms with Crippen LogP contribution in [-0.4, -0.2) is 9.97 Å². The smallest absolute Gasteiger partial charge is 0.217 e. The molecule has 0 aliphatic rings. The SMILES string of the molecule is Fc1nc(-c2ccncc2)ccc1CCl. The molecule has 2 aromatic rings. The quantitative estimate of drug-likeness (QED) is 0.577. The van der Waals surface area contributed by atoms with Crippen molar-refractivity contribution in [2.45, 2.75) is 5.88 Å². The van der Waals surface area contributed by atoms with Crippen molar-refractivity contribution in [3.63, 3.8) is 0 Å². The van der Waals surface area contributed by atoms with Crippen molar-refractivity contribution >= 4 is 11.6 Å². The van der Waals surface area contributed by atoms with E-state index < -0.39 is 5.95 Å². The predicted octanol–water partition coefficient (Wildman–Crippen LogP) is 3.02. The molecule has 0 saturated carbocycles. The molecule has 0 radical (unpaired) electrons. The predicted molar refractivity (Wildman–Crippen MR) is 57.0 cm³/mol. The van der Waals surface area contributed by atoms with E-state index in [4.69, 9.17) is 11.6 Å². The van der Waals surface area contributed by atoms with E-state index in [9.17, 15) is 4.39 Å². The highest BCUT2D eigenvalue weighted by Crippen LogP contribution is 2.18. The van der Waals surface area contributed by atoms with Crippen LogP contribution in [0.25, 0.3) is 11.3 Å². The summed E-state index contributed by atoms with van der Waals surface area (Å²) < 4.78 is 13.3. The highest BCUT2D eigenvalue weighted by molar-refractivity contribution is 6.17. The molecule has 0 aliphatic heterocycles. The Morgan fingerprint density at radius 3 is 2.47 bits per heavy atom. The molecule has 2 nitrogen and oxygen atoms in total. The molecule has 0 unspecified atom stereocenters. The molecule has 0 saturated heterocycles. The molecule has 2 rings (SSSR count). The normalized spacial score (nSPS) is 10.3. The third-order valence-electron chi connectivity index (χ3n) is 2.05. The molecule has 0 bridgehead atoms. The lowest BCUT2D eigenvalue weighted by atomic mass is 10.1. The Morgan fingerprint density at radius 1 is 1.13 bits per heavy atom. The minimum Gasteiger partial charge on any atom is -0.265 e. The first-order valence-electron chi connectivity index (χ1n) is 4.43. The summed E-state index contributed by atoms with van der Waals surface area (Å²) in [4.78, 5) is 7.72. The zero-order valence-electron chi connectivity index (χ0n) is 7.82. The van der Waals surface area contributed by atoms with Crippen LogP contribution in [0.4, 0.5) is 4.39 Å². The van der Waals surface area contributed by atoms with Gasteiger partial charge in [0.15, 0.2) is 0 Å². The Bertz CT molecular complexity index is 459. The van der Waals surface area contributed by atoms with Crippen LogP contribution in [0.3, 0.4) is 0 Å². The van der Waals surface area contributed by atoms with Gasteiger partial charge in [-0.3, -0.25) is 4.98 Å². The maximum Gasteiger partial charge on any atom is 0.217 e.